The quantitative estimate of drug-likeness (QED) is 0.854. The van der Waals surface area contributed by atoms with Crippen molar-refractivity contribution in [2.24, 2.45) is 17.1 Å². The first kappa shape index (κ1) is 15.9. The Kier molecular flexibility index (Phi) is 4.25. The van der Waals surface area contributed by atoms with Gasteiger partial charge in [-0.15, -0.1) is 16.4 Å². The van der Waals surface area contributed by atoms with Gasteiger partial charge in [-0.2, -0.15) is 0 Å². The fourth-order valence-corrected chi connectivity index (χ4v) is 4.69. The Hall–Kier alpha value is -1.00. The van der Waals surface area contributed by atoms with E-state index in [1.807, 2.05) is 11.3 Å². The van der Waals surface area contributed by atoms with E-state index in [2.05, 4.69) is 51.0 Å². The highest BCUT2D eigenvalue weighted by Crippen LogP contribution is 2.43. The predicted molar refractivity (Wildman–Crippen MR) is 92.2 cm³/mol. The maximum Gasteiger partial charge on any atom is 0.207 e. The van der Waals surface area contributed by atoms with Crippen LogP contribution in [0.5, 0.6) is 0 Å². The molecule has 1 unspecified atom stereocenters. The van der Waals surface area contributed by atoms with Gasteiger partial charge in [-0.3, -0.25) is 0 Å². The van der Waals surface area contributed by atoms with Gasteiger partial charge in [-0.25, -0.2) is 0 Å². The number of rotatable bonds is 2. The van der Waals surface area contributed by atoms with Crippen LogP contribution >= 0.6 is 11.3 Å². The molecule has 2 heterocycles. The summed E-state index contributed by atoms with van der Waals surface area (Å²) in [6.07, 6.45) is 7.02. The van der Waals surface area contributed by atoms with E-state index in [0.717, 1.165) is 5.92 Å². The third kappa shape index (κ3) is 3.18. The number of hydrogen-bond acceptors (Lipinski definition) is 4. The molecule has 1 saturated carbocycles. The van der Waals surface area contributed by atoms with Crippen LogP contribution in [0.1, 0.15) is 62.3 Å². The Morgan fingerprint density at radius 3 is 2.41 bits per heavy atom. The van der Waals surface area contributed by atoms with Crippen molar-refractivity contribution in [1.29, 1.82) is 0 Å². The van der Waals surface area contributed by atoms with Gasteiger partial charge < -0.3 is 10.6 Å². The maximum atomic E-state index is 5.96. The summed E-state index contributed by atoms with van der Waals surface area (Å²) in [4.78, 5) is 8.54. The molecule has 0 spiro atoms. The molecular weight excluding hydrogens is 292 g/mol. The van der Waals surface area contributed by atoms with Crippen molar-refractivity contribution in [3.05, 3.63) is 33.8 Å². The van der Waals surface area contributed by atoms with Gasteiger partial charge in [-0.05, 0) is 56.1 Å². The maximum absolute atomic E-state index is 5.96. The minimum absolute atomic E-state index is 0.190. The molecule has 1 fully saturated rings. The Bertz CT molecular complexity index is 550. The van der Waals surface area contributed by atoms with E-state index < -0.39 is 0 Å². The number of hydrogen-bond donors (Lipinski definition) is 1. The van der Waals surface area contributed by atoms with E-state index in [0.29, 0.717) is 17.3 Å². The van der Waals surface area contributed by atoms with Crippen molar-refractivity contribution in [1.82, 2.24) is 5.06 Å². The van der Waals surface area contributed by atoms with Gasteiger partial charge in [0.2, 0.25) is 5.88 Å². The summed E-state index contributed by atoms with van der Waals surface area (Å²) >= 11 is 1.84. The molecule has 22 heavy (non-hydrogen) atoms. The van der Waals surface area contributed by atoms with E-state index in [1.54, 1.807) is 0 Å². The van der Waals surface area contributed by atoms with Crippen LogP contribution in [0.2, 0.25) is 0 Å². The molecule has 2 aliphatic rings. The lowest BCUT2D eigenvalue weighted by molar-refractivity contribution is -0.162. The van der Waals surface area contributed by atoms with Crippen LogP contribution in [0.4, 0.5) is 0 Å². The SMILES string of the molecule is Cc1ccc(C2C=C(N)ON2C2CCC(C(C)(C)C)CC2)s1. The fourth-order valence-electron chi connectivity index (χ4n) is 3.76. The van der Waals surface area contributed by atoms with Gasteiger partial charge in [0, 0.05) is 21.9 Å². The topological polar surface area (TPSA) is 38.5 Å². The number of hydroxylamine groups is 2. The lowest BCUT2D eigenvalue weighted by Crippen LogP contribution is -2.39. The second-order valence-corrected chi connectivity index (χ2v) is 9.10. The molecule has 0 saturated heterocycles. The minimum atomic E-state index is 0.190. The van der Waals surface area contributed by atoms with E-state index in [-0.39, 0.29) is 6.04 Å². The van der Waals surface area contributed by atoms with Gasteiger partial charge in [0.25, 0.3) is 0 Å². The summed E-state index contributed by atoms with van der Waals surface area (Å²) in [6, 6.07) is 5.05. The molecule has 1 aliphatic heterocycles. The first-order valence-electron chi connectivity index (χ1n) is 8.34. The molecule has 4 heteroatoms. The van der Waals surface area contributed by atoms with Gasteiger partial charge in [0.15, 0.2) is 0 Å². The van der Waals surface area contributed by atoms with Crippen LogP contribution in [0.25, 0.3) is 0 Å². The average Bonchev–Trinajstić information content (AvgIpc) is 3.04. The van der Waals surface area contributed by atoms with Crippen molar-refractivity contribution in [3.8, 4) is 0 Å². The van der Waals surface area contributed by atoms with Crippen LogP contribution in [0.3, 0.4) is 0 Å². The summed E-state index contributed by atoms with van der Waals surface area (Å²) < 4.78 is 0. The fraction of sp³-hybridized carbons (Fsp3) is 0.667. The van der Waals surface area contributed by atoms with E-state index in [1.165, 1.54) is 35.4 Å². The van der Waals surface area contributed by atoms with Gasteiger partial charge in [-0.1, -0.05) is 20.8 Å². The average molecular weight is 321 g/mol. The summed E-state index contributed by atoms with van der Waals surface area (Å²) in [5, 5.41) is 2.15. The lowest BCUT2D eigenvalue weighted by atomic mass is 9.71. The monoisotopic (exact) mass is 320 g/mol. The van der Waals surface area contributed by atoms with Gasteiger partial charge in [0.05, 0.1) is 0 Å². The molecule has 1 aromatic rings. The highest BCUT2D eigenvalue weighted by atomic mass is 32.1. The molecule has 0 aromatic carbocycles. The van der Waals surface area contributed by atoms with Gasteiger partial charge in [0.1, 0.15) is 6.04 Å². The van der Waals surface area contributed by atoms with Crippen molar-refractivity contribution >= 4 is 11.3 Å². The molecule has 1 atom stereocenters. The zero-order valence-electron chi connectivity index (χ0n) is 14.1. The molecule has 0 radical (unpaired) electrons. The Morgan fingerprint density at radius 2 is 1.86 bits per heavy atom. The first-order chi connectivity index (χ1) is 10.3. The van der Waals surface area contributed by atoms with Crippen LogP contribution in [0.15, 0.2) is 24.1 Å². The predicted octanol–water partition coefficient (Wildman–Crippen LogP) is 4.75. The Morgan fingerprint density at radius 1 is 1.18 bits per heavy atom. The smallest absolute Gasteiger partial charge is 0.207 e. The third-order valence-electron chi connectivity index (χ3n) is 5.14. The standard InChI is InChI=1S/C18H28N2OS/c1-12-5-10-16(22-12)15-11-17(19)21-20(15)14-8-6-13(7-9-14)18(2,3)4/h5,10-11,13-15H,6-9,19H2,1-4H3. The third-order valence-corrected chi connectivity index (χ3v) is 6.21. The van der Waals surface area contributed by atoms with Crippen molar-refractivity contribution in [2.75, 3.05) is 0 Å². The largest absolute Gasteiger partial charge is 0.387 e. The first-order valence-corrected chi connectivity index (χ1v) is 9.16. The minimum Gasteiger partial charge on any atom is -0.387 e. The zero-order valence-corrected chi connectivity index (χ0v) is 15.0. The molecule has 3 rings (SSSR count). The number of nitrogens with two attached hydrogens (primary N) is 1. The molecular formula is C18H28N2OS. The number of nitrogens with zero attached hydrogens (tertiary/aromatic N) is 1. The normalized spacial score (nSPS) is 30.2. The van der Waals surface area contributed by atoms with Crippen LogP contribution in [0, 0.1) is 18.3 Å². The van der Waals surface area contributed by atoms with E-state index >= 15 is 0 Å². The molecule has 0 amide bonds. The second-order valence-electron chi connectivity index (χ2n) is 7.78. The Balaban J connectivity index is 1.70. The van der Waals surface area contributed by atoms with Gasteiger partial charge >= 0.3 is 0 Å². The Labute approximate surface area is 138 Å². The summed E-state index contributed by atoms with van der Waals surface area (Å²) in [5.41, 5.74) is 6.38. The summed E-state index contributed by atoms with van der Waals surface area (Å²) in [7, 11) is 0. The zero-order chi connectivity index (χ0) is 15.9. The van der Waals surface area contributed by atoms with E-state index in [9.17, 15) is 0 Å². The van der Waals surface area contributed by atoms with Crippen LogP contribution in [-0.4, -0.2) is 11.1 Å². The number of aryl methyl sites for hydroxylation is 1. The molecule has 122 valence electrons. The lowest BCUT2D eigenvalue weighted by Gasteiger charge is -2.40. The summed E-state index contributed by atoms with van der Waals surface area (Å²) in [6.45, 7) is 9.24. The molecule has 1 aromatic heterocycles. The van der Waals surface area contributed by atoms with E-state index in [4.69, 9.17) is 10.6 Å². The molecule has 1 aliphatic carbocycles. The highest BCUT2D eigenvalue weighted by Gasteiger charge is 2.38. The van der Waals surface area contributed by atoms with Crippen molar-refractivity contribution in [2.45, 2.75) is 65.5 Å². The highest BCUT2D eigenvalue weighted by molar-refractivity contribution is 7.12. The molecule has 3 nitrogen and oxygen atoms in total. The molecule has 0 bridgehead atoms. The van der Waals surface area contributed by atoms with Crippen molar-refractivity contribution in [3.63, 3.8) is 0 Å². The summed E-state index contributed by atoms with van der Waals surface area (Å²) in [5.74, 6) is 1.37. The second kappa shape index (κ2) is 5.89. The van der Waals surface area contributed by atoms with Crippen molar-refractivity contribution < 1.29 is 4.84 Å². The van der Waals surface area contributed by atoms with Crippen LogP contribution in [-0.2, 0) is 4.84 Å². The number of thiophene rings is 1. The molecule has 2 N–H and O–H groups in total. The van der Waals surface area contributed by atoms with Crippen LogP contribution < -0.4 is 5.73 Å².